The predicted octanol–water partition coefficient (Wildman–Crippen LogP) is 6.66. The second-order valence-corrected chi connectivity index (χ2v) is 8.82. The molecular formula is C27H25N2O4P. The van der Waals surface area contributed by atoms with E-state index in [4.69, 9.17) is 19.5 Å². The Hall–Kier alpha value is -4.02. The van der Waals surface area contributed by atoms with E-state index in [1.54, 1.807) is 12.1 Å². The van der Waals surface area contributed by atoms with Crippen LogP contribution in [-0.4, -0.2) is 6.09 Å². The maximum absolute atomic E-state index is 12.8. The molecule has 3 N–H and O–H groups in total. The molecule has 4 aromatic carbocycles. The summed E-state index contributed by atoms with van der Waals surface area (Å²) >= 11 is 0. The Kier molecular flexibility index (Phi) is 7.99. The minimum Gasteiger partial charge on any atom is -0.445 e. The third-order valence-electron chi connectivity index (χ3n) is 4.81. The van der Waals surface area contributed by atoms with Gasteiger partial charge in [-0.05, 0) is 47.5 Å². The Labute approximate surface area is 200 Å². The van der Waals surface area contributed by atoms with Gasteiger partial charge in [-0.25, -0.2) is 4.79 Å². The van der Waals surface area contributed by atoms with Gasteiger partial charge in [0.1, 0.15) is 18.1 Å². The highest BCUT2D eigenvalue weighted by Crippen LogP contribution is 2.51. The molecule has 0 aromatic heterocycles. The van der Waals surface area contributed by atoms with Crippen molar-refractivity contribution in [3.05, 3.63) is 126 Å². The Morgan fingerprint density at radius 3 is 1.76 bits per heavy atom. The number of hydrogen-bond donors (Lipinski definition) is 2. The number of amides is 1. The molecule has 0 aliphatic carbocycles. The molecule has 0 saturated carbocycles. The SMILES string of the molecule is Nc1ccc(C(NC(=O)OCc2ccccc2)P(Oc2ccccc2)Oc2ccccc2)cc1. The predicted molar refractivity (Wildman–Crippen MR) is 134 cm³/mol. The van der Waals surface area contributed by atoms with Crippen molar-refractivity contribution in [2.75, 3.05) is 5.73 Å². The number of para-hydroxylation sites is 2. The number of carbonyl (C=O) groups is 1. The zero-order chi connectivity index (χ0) is 23.6. The van der Waals surface area contributed by atoms with Crippen molar-refractivity contribution in [3.63, 3.8) is 0 Å². The largest absolute Gasteiger partial charge is 0.445 e. The van der Waals surface area contributed by atoms with E-state index in [1.807, 2.05) is 103 Å². The third kappa shape index (κ3) is 6.74. The number of ether oxygens (including phenoxy) is 1. The zero-order valence-electron chi connectivity index (χ0n) is 18.4. The highest BCUT2D eigenvalue weighted by molar-refractivity contribution is 7.48. The van der Waals surface area contributed by atoms with Crippen LogP contribution in [0.15, 0.2) is 115 Å². The van der Waals surface area contributed by atoms with Crippen molar-refractivity contribution in [2.24, 2.45) is 0 Å². The summed E-state index contributed by atoms with van der Waals surface area (Å²) in [5.74, 6) is 0.633. The molecule has 4 aromatic rings. The molecule has 0 spiro atoms. The fourth-order valence-electron chi connectivity index (χ4n) is 3.11. The number of nitrogens with two attached hydrogens (primary N) is 1. The molecule has 4 rings (SSSR count). The molecule has 0 aliphatic heterocycles. The van der Waals surface area contributed by atoms with Crippen LogP contribution in [0.1, 0.15) is 16.9 Å². The molecule has 0 bridgehead atoms. The summed E-state index contributed by atoms with van der Waals surface area (Å²) in [6, 6.07) is 35.5. The summed E-state index contributed by atoms with van der Waals surface area (Å²) in [4.78, 5) is 12.8. The van der Waals surface area contributed by atoms with Crippen molar-refractivity contribution in [2.45, 2.75) is 12.4 Å². The van der Waals surface area contributed by atoms with Gasteiger partial charge in [0.25, 0.3) is 0 Å². The molecule has 1 amide bonds. The maximum atomic E-state index is 12.8. The second kappa shape index (κ2) is 11.7. The molecule has 0 fully saturated rings. The van der Waals surface area contributed by atoms with Crippen LogP contribution in [0.3, 0.4) is 0 Å². The Balaban J connectivity index is 1.59. The number of rotatable bonds is 9. The van der Waals surface area contributed by atoms with E-state index in [1.165, 1.54) is 0 Å². The lowest BCUT2D eigenvalue weighted by atomic mass is 10.2. The van der Waals surface area contributed by atoms with E-state index in [2.05, 4.69) is 5.32 Å². The number of anilines is 1. The molecule has 0 aliphatic rings. The molecule has 7 heteroatoms. The Bertz CT molecular complexity index is 1120. The highest BCUT2D eigenvalue weighted by Gasteiger charge is 2.32. The van der Waals surface area contributed by atoms with Gasteiger partial charge in [-0.15, -0.1) is 0 Å². The highest BCUT2D eigenvalue weighted by atomic mass is 31.2. The number of benzene rings is 4. The van der Waals surface area contributed by atoms with Crippen molar-refractivity contribution in [1.82, 2.24) is 5.32 Å². The average molecular weight is 472 g/mol. The van der Waals surface area contributed by atoms with Gasteiger partial charge in [-0.2, -0.15) is 0 Å². The second-order valence-electron chi connectivity index (χ2n) is 7.37. The minimum atomic E-state index is -1.71. The molecule has 0 saturated heterocycles. The van der Waals surface area contributed by atoms with Gasteiger partial charge in [0.15, 0.2) is 5.78 Å². The van der Waals surface area contributed by atoms with E-state index in [-0.39, 0.29) is 6.61 Å². The lowest BCUT2D eigenvalue weighted by molar-refractivity contribution is 0.138. The normalized spacial score (nSPS) is 11.4. The summed E-state index contributed by atoms with van der Waals surface area (Å²) in [6.45, 7) is 0.151. The lowest BCUT2D eigenvalue weighted by Crippen LogP contribution is -2.30. The lowest BCUT2D eigenvalue weighted by Gasteiger charge is -2.27. The summed E-state index contributed by atoms with van der Waals surface area (Å²) in [6.07, 6.45) is -0.577. The van der Waals surface area contributed by atoms with E-state index >= 15 is 0 Å². The average Bonchev–Trinajstić information content (AvgIpc) is 2.88. The molecule has 0 radical (unpaired) electrons. The van der Waals surface area contributed by atoms with Gasteiger partial charge in [-0.1, -0.05) is 78.9 Å². The first-order valence-electron chi connectivity index (χ1n) is 10.8. The number of carbonyl (C=O) groups excluding carboxylic acids is 1. The smallest absolute Gasteiger partial charge is 0.408 e. The van der Waals surface area contributed by atoms with Crippen LogP contribution in [0.25, 0.3) is 0 Å². The van der Waals surface area contributed by atoms with Crippen LogP contribution in [0.5, 0.6) is 11.5 Å². The topological polar surface area (TPSA) is 82.8 Å². The standard InChI is InChI=1S/C27H25N2O4P/c28-23-18-16-22(17-19-23)26(29-27(30)31-20-21-10-4-1-5-11-21)34(32-24-12-6-2-7-13-24)33-25-14-8-3-9-15-25/h1-19,26H,20,28H2,(H,29,30). The fraction of sp³-hybridized carbons (Fsp3) is 0.0741. The molecule has 1 unspecified atom stereocenters. The summed E-state index contributed by atoms with van der Waals surface area (Å²) in [7, 11) is -1.71. The molecule has 1 atom stereocenters. The van der Waals surface area contributed by atoms with E-state index in [9.17, 15) is 4.79 Å². The van der Waals surface area contributed by atoms with Gasteiger partial charge in [0.05, 0.1) is 0 Å². The summed E-state index contributed by atoms with van der Waals surface area (Å²) in [5.41, 5.74) is 8.19. The number of nitrogens with one attached hydrogen (secondary N) is 1. The summed E-state index contributed by atoms with van der Waals surface area (Å²) in [5, 5.41) is 2.94. The van der Waals surface area contributed by atoms with Crippen LogP contribution in [-0.2, 0) is 11.3 Å². The minimum absolute atomic E-state index is 0.151. The van der Waals surface area contributed by atoms with Crippen LogP contribution < -0.4 is 20.1 Å². The van der Waals surface area contributed by atoms with Crippen molar-refractivity contribution < 1.29 is 18.6 Å². The van der Waals surface area contributed by atoms with Crippen LogP contribution in [0.2, 0.25) is 0 Å². The number of hydrogen-bond acceptors (Lipinski definition) is 5. The first-order chi connectivity index (χ1) is 16.7. The number of nitrogen functional groups attached to an aromatic ring is 1. The molecule has 172 valence electrons. The Morgan fingerprint density at radius 1 is 0.735 bits per heavy atom. The molecule has 34 heavy (non-hydrogen) atoms. The first-order valence-corrected chi connectivity index (χ1v) is 12.0. The van der Waals surface area contributed by atoms with Gasteiger partial charge in [0.2, 0.25) is 0 Å². The number of alkyl carbamates (subject to hydrolysis) is 1. The zero-order valence-corrected chi connectivity index (χ0v) is 19.3. The quantitative estimate of drug-likeness (QED) is 0.210. The summed E-state index contributed by atoms with van der Waals surface area (Å²) < 4.78 is 18.0. The Morgan fingerprint density at radius 2 is 1.24 bits per heavy atom. The third-order valence-corrected chi connectivity index (χ3v) is 6.44. The van der Waals surface area contributed by atoms with E-state index in [0.717, 1.165) is 11.1 Å². The fourth-order valence-corrected chi connectivity index (χ4v) is 4.64. The molecule has 0 heterocycles. The van der Waals surface area contributed by atoms with E-state index in [0.29, 0.717) is 17.2 Å². The first kappa shape index (κ1) is 23.1. The maximum Gasteiger partial charge on any atom is 0.408 e. The van der Waals surface area contributed by atoms with Gasteiger partial charge in [-0.3, -0.25) is 0 Å². The van der Waals surface area contributed by atoms with Gasteiger partial charge < -0.3 is 24.8 Å². The molecular weight excluding hydrogens is 447 g/mol. The van der Waals surface area contributed by atoms with Crippen molar-refractivity contribution in [3.8, 4) is 11.5 Å². The van der Waals surface area contributed by atoms with Crippen LogP contribution >= 0.6 is 8.38 Å². The monoisotopic (exact) mass is 472 g/mol. The molecule has 6 nitrogen and oxygen atoms in total. The van der Waals surface area contributed by atoms with Crippen molar-refractivity contribution >= 4 is 20.2 Å². The van der Waals surface area contributed by atoms with Crippen LogP contribution in [0, 0.1) is 0 Å². The van der Waals surface area contributed by atoms with E-state index < -0.39 is 20.3 Å². The van der Waals surface area contributed by atoms with Crippen molar-refractivity contribution in [1.29, 1.82) is 0 Å². The van der Waals surface area contributed by atoms with Gasteiger partial charge >= 0.3 is 14.5 Å². The van der Waals surface area contributed by atoms with Crippen LogP contribution in [0.4, 0.5) is 10.5 Å². The van der Waals surface area contributed by atoms with Gasteiger partial charge in [0, 0.05) is 5.69 Å².